The second-order valence-electron chi connectivity index (χ2n) is 6.81. The fraction of sp³-hybridized carbons (Fsp3) is 0.400. The molecule has 26 heavy (non-hydrogen) atoms. The van der Waals surface area contributed by atoms with Gasteiger partial charge in [0.15, 0.2) is 11.5 Å². The average Bonchev–Trinajstić information content (AvgIpc) is 2.69. The molecule has 0 saturated carbocycles. The Kier molecular flexibility index (Phi) is 4.95. The van der Waals surface area contributed by atoms with Gasteiger partial charge in [-0.3, -0.25) is 0 Å². The minimum Gasteiger partial charge on any atom is -0.486 e. The van der Waals surface area contributed by atoms with Crippen molar-refractivity contribution in [1.29, 1.82) is 0 Å². The molecular formula is C20H24FN2O3+. The number of rotatable bonds is 4. The monoisotopic (exact) mass is 359 g/mol. The van der Waals surface area contributed by atoms with Crippen molar-refractivity contribution >= 4 is 5.69 Å². The predicted molar refractivity (Wildman–Crippen MR) is 96.6 cm³/mol. The molecule has 1 fully saturated rings. The molecule has 2 aromatic carbocycles. The Morgan fingerprint density at radius 3 is 2.54 bits per heavy atom. The number of aliphatic hydroxyl groups excluding tert-OH is 1. The van der Waals surface area contributed by atoms with Gasteiger partial charge < -0.3 is 24.4 Å². The topological polar surface area (TPSA) is 46.4 Å². The molecule has 2 aliphatic rings. The zero-order chi connectivity index (χ0) is 17.9. The SMILES string of the molecule is O[C@H](C[NH+]1CCN(c2ccccc2F)CC1)c1ccc2c(c1)OCCO2. The Labute approximate surface area is 152 Å². The minimum absolute atomic E-state index is 0.174. The van der Waals surface area contributed by atoms with E-state index in [4.69, 9.17) is 9.47 Å². The van der Waals surface area contributed by atoms with Crippen LogP contribution in [0.15, 0.2) is 42.5 Å². The zero-order valence-electron chi connectivity index (χ0n) is 14.7. The van der Waals surface area contributed by atoms with Crippen molar-refractivity contribution in [3.8, 4) is 11.5 Å². The van der Waals surface area contributed by atoms with Crippen LogP contribution in [-0.2, 0) is 0 Å². The molecule has 0 unspecified atom stereocenters. The number of quaternary nitrogens is 1. The fourth-order valence-electron chi connectivity index (χ4n) is 3.63. The van der Waals surface area contributed by atoms with Crippen molar-refractivity contribution in [3.05, 3.63) is 53.8 Å². The fourth-order valence-corrected chi connectivity index (χ4v) is 3.63. The number of hydrogen-bond acceptors (Lipinski definition) is 4. The third kappa shape index (κ3) is 3.61. The highest BCUT2D eigenvalue weighted by atomic mass is 19.1. The molecule has 0 bridgehead atoms. The van der Waals surface area contributed by atoms with Crippen LogP contribution < -0.4 is 19.3 Å². The Hall–Kier alpha value is -2.31. The number of nitrogens with zero attached hydrogens (tertiary/aromatic N) is 1. The molecule has 0 spiro atoms. The molecule has 138 valence electrons. The van der Waals surface area contributed by atoms with Gasteiger partial charge in [0.2, 0.25) is 0 Å². The largest absolute Gasteiger partial charge is 0.486 e. The summed E-state index contributed by atoms with van der Waals surface area (Å²) in [5.41, 5.74) is 1.51. The second-order valence-corrected chi connectivity index (χ2v) is 6.81. The normalized spacial score (nSPS) is 18.6. The molecular weight excluding hydrogens is 335 g/mol. The maximum absolute atomic E-state index is 13.9. The maximum atomic E-state index is 13.9. The molecule has 0 aliphatic carbocycles. The molecule has 2 heterocycles. The van der Waals surface area contributed by atoms with Crippen LogP contribution in [-0.4, -0.2) is 51.0 Å². The summed E-state index contributed by atoms with van der Waals surface area (Å²) < 4.78 is 25.0. The molecule has 2 aliphatic heterocycles. The van der Waals surface area contributed by atoms with Crippen LogP contribution in [0.1, 0.15) is 11.7 Å². The lowest BCUT2D eigenvalue weighted by Crippen LogP contribution is -3.15. The first kappa shape index (κ1) is 17.1. The smallest absolute Gasteiger partial charge is 0.161 e. The van der Waals surface area contributed by atoms with Crippen molar-refractivity contribution in [2.75, 3.05) is 50.8 Å². The molecule has 2 N–H and O–H groups in total. The number of ether oxygens (including phenoxy) is 2. The zero-order valence-corrected chi connectivity index (χ0v) is 14.7. The van der Waals surface area contributed by atoms with Crippen LogP contribution in [0.2, 0.25) is 0 Å². The molecule has 1 saturated heterocycles. The molecule has 6 heteroatoms. The highest BCUT2D eigenvalue weighted by molar-refractivity contribution is 5.47. The van der Waals surface area contributed by atoms with E-state index in [2.05, 4.69) is 4.90 Å². The van der Waals surface area contributed by atoms with Crippen LogP contribution in [0.5, 0.6) is 11.5 Å². The Balaban J connectivity index is 1.35. The van der Waals surface area contributed by atoms with E-state index in [0.717, 1.165) is 37.5 Å². The number of fused-ring (bicyclic) bond motifs is 1. The van der Waals surface area contributed by atoms with Crippen molar-refractivity contribution in [1.82, 2.24) is 0 Å². The number of aliphatic hydroxyl groups is 1. The van der Waals surface area contributed by atoms with Crippen LogP contribution in [0, 0.1) is 5.82 Å². The minimum atomic E-state index is -0.555. The molecule has 4 rings (SSSR count). The van der Waals surface area contributed by atoms with Gasteiger partial charge in [-0.05, 0) is 29.8 Å². The molecule has 0 aromatic heterocycles. The summed E-state index contributed by atoms with van der Waals surface area (Å²) >= 11 is 0. The number of halogens is 1. The molecule has 0 amide bonds. The number of nitrogens with one attached hydrogen (secondary N) is 1. The standard InChI is InChI=1S/C20H23FN2O3/c21-16-3-1-2-4-17(16)23-9-7-22(8-10-23)14-18(24)15-5-6-19-20(13-15)26-12-11-25-19/h1-6,13,18,24H,7-12,14H2/p+1/t18-/m1/s1. The Morgan fingerprint density at radius 1 is 1.04 bits per heavy atom. The summed E-state index contributed by atoms with van der Waals surface area (Å²) in [6, 6.07) is 12.5. The first-order valence-electron chi connectivity index (χ1n) is 9.11. The van der Waals surface area contributed by atoms with Crippen LogP contribution in [0.3, 0.4) is 0 Å². The van der Waals surface area contributed by atoms with Crippen molar-refractivity contribution in [2.45, 2.75) is 6.10 Å². The number of piperazine rings is 1. The van der Waals surface area contributed by atoms with Gasteiger partial charge in [0, 0.05) is 0 Å². The summed E-state index contributed by atoms with van der Waals surface area (Å²) in [6.07, 6.45) is -0.555. The highest BCUT2D eigenvalue weighted by Crippen LogP contribution is 2.32. The van der Waals surface area contributed by atoms with E-state index < -0.39 is 6.10 Å². The van der Waals surface area contributed by atoms with E-state index in [1.165, 1.54) is 11.0 Å². The van der Waals surface area contributed by atoms with E-state index >= 15 is 0 Å². The number of para-hydroxylation sites is 1. The third-order valence-corrected chi connectivity index (χ3v) is 5.10. The van der Waals surface area contributed by atoms with Gasteiger partial charge in [0.05, 0.1) is 31.9 Å². The van der Waals surface area contributed by atoms with Gasteiger partial charge in [-0.2, -0.15) is 0 Å². The van der Waals surface area contributed by atoms with E-state index in [1.54, 1.807) is 6.07 Å². The van der Waals surface area contributed by atoms with Crippen molar-refractivity contribution < 1.29 is 23.9 Å². The lowest BCUT2D eigenvalue weighted by molar-refractivity contribution is -0.904. The highest BCUT2D eigenvalue weighted by Gasteiger charge is 2.25. The Morgan fingerprint density at radius 2 is 1.77 bits per heavy atom. The second kappa shape index (κ2) is 7.51. The predicted octanol–water partition coefficient (Wildman–Crippen LogP) is 1.04. The summed E-state index contributed by atoms with van der Waals surface area (Å²) in [4.78, 5) is 3.40. The van der Waals surface area contributed by atoms with Gasteiger partial charge in [0.25, 0.3) is 0 Å². The number of hydrogen-bond donors (Lipinski definition) is 2. The van der Waals surface area contributed by atoms with E-state index in [-0.39, 0.29) is 5.82 Å². The molecule has 0 radical (unpaired) electrons. The average molecular weight is 359 g/mol. The summed E-state index contributed by atoms with van der Waals surface area (Å²) in [5.74, 6) is 1.26. The van der Waals surface area contributed by atoms with Crippen LogP contribution in [0.4, 0.5) is 10.1 Å². The summed E-state index contributed by atoms with van der Waals surface area (Å²) in [6.45, 7) is 5.03. The van der Waals surface area contributed by atoms with Crippen LogP contribution >= 0.6 is 0 Å². The van der Waals surface area contributed by atoms with Gasteiger partial charge >= 0.3 is 0 Å². The lowest BCUT2D eigenvalue weighted by Gasteiger charge is -2.34. The summed E-state index contributed by atoms with van der Waals surface area (Å²) in [5, 5.41) is 10.6. The first-order valence-corrected chi connectivity index (χ1v) is 9.11. The van der Waals surface area contributed by atoms with Crippen molar-refractivity contribution in [3.63, 3.8) is 0 Å². The third-order valence-electron chi connectivity index (χ3n) is 5.10. The first-order chi connectivity index (χ1) is 12.7. The van der Waals surface area contributed by atoms with E-state index in [0.29, 0.717) is 31.2 Å². The van der Waals surface area contributed by atoms with E-state index in [1.807, 2.05) is 30.3 Å². The van der Waals surface area contributed by atoms with Crippen LogP contribution in [0.25, 0.3) is 0 Å². The van der Waals surface area contributed by atoms with Gasteiger partial charge in [-0.1, -0.05) is 18.2 Å². The quantitative estimate of drug-likeness (QED) is 0.856. The molecule has 5 nitrogen and oxygen atoms in total. The van der Waals surface area contributed by atoms with E-state index in [9.17, 15) is 9.50 Å². The maximum Gasteiger partial charge on any atom is 0.161 e. The molecule has 1 atom stereocenters. The van der Waals surface area contributed by atoms with Gasteiger partial charge in [0.1, 0.15) is 31.7 Å². The molecule has 2 aromatic rings. The van der Waals surface area contributed by atoms with Crippen molar-refractivity contribution in [2.24, 2.45) is 0 Å². The summed E-state index contributed by atoms with van der Waals surface area (Å²) in [7, 11) is 0. The number of benzene rings is 2. The Bertz CT molecular complexity index is 762. The lowest BCUT2D eigenvalue weighted by atomic mass is 10.1. The van der Waals surface area contributed by atoms with Gasteiger partial charge in [-0.25, -0.2) is 4.39 Å². The number of anilines is 1. The van der Waals surface area contributed by atoms with Gasteiger partial charge in [-0.15, -0.1) is 0 Å².